The highest BCUT2D eigenvalue weighted by molar-refractivity contribution is 5.36. The van der Waals surface area contributed by atoms with Gasteiger partial charge in [0.2, 0.25) is 0 Å². The lowest BCUT2D eigenvalue weighted by Crippen LogP contribution is -2.15. The van der Waals surface area contributed by atoms with Crippen LogP contribution in [0.15, 0.2) is 30.4 Å². The fraction of sp³-hybridized carbons (Fsp3) is 0.619. The number of rotatable bonds is 5. The van der Waals surface area contributed by atoms with Gasteiger partial charge in [0.15, 0.2) is 0 Å². The molecule has 0 heterocycles. The summed E-state index contributed by atoms with van der Waals surface area (Å²) in [6.07, 6.45) is 16.2. The van der Waals surface area contributed by atoms with Crippen LogP contribution in [0.4, 0.5) is 0 Å². The number of unbranched alkanes of at least 4 members (excludes halogenated alkanes) is 2. The van der Waals surface area contributed by atoms with Gasteiger partial charge in [0.25, 0.3) is 0 Å². The van der Waals surface area contributed by atoms with Crippen molar-refractivity contribution in [2.75, 3.05) is 0 Å². The Morgan fingerprint density at radius 2 is 2.09 bits per heavy atom. The molecular weight excluding hydrogens is 266 g/mol. The predicted molar refractivity (Wildman–Crippen MR) is 95.2 cm³/mol. The van der Waals surface area contributed by atoms with E-state index in [1.165, 1.54) is 57.8 Å². The highest BCUT2D eigenvalue weighted by atomic mass is 14.6. The third-order valence-corrected chi connectivity index (χ3v) is 5.57. The zero-order chi connectivity index (χ0) is 15.4. The molecule has 0 radical (unpaired) electrons. The Balaban J connectivity index is 1.62. The van der Waals surface area contributed by atoms with Crippen molar-refractivity contribution in [1.29, 1.82) is 0 Å². The Bertz CT molecular complexity index is 517. The number of hydrogen-bond donors (Lipinski definition) is 1. The molecule has 1 saturated carbocycles. The molecule has 0 aromatic heterocycles. The molecule has 0 saturated heterocycles. The molecule has 2 aliphatic rings. The first-order valence-electron chi connectivity index (χ1n) is 9.30. The first kappa shape index (κ1) is 15.8. The molecule has 2 N–H and O–H groups in total. The van der Waals surface area contributed by atoms with Gasteiger partial charge in [-0.15, -0.1) is 0 Å². The van der Waals surface area contributed by atoms with Crippen LogP contribution in [0.25, 0.3) is 0 Å². The zero-order valence-corrected chi connectivity index (χ0v) is 14.1. The normalized spacial score (nSPS) is 28.2. The summed E-state index contributed by atoms with van der Waals surface area (Å²) in [7, 11) is 0. The van der Waals surface area contributed by atoms with Gasteiger partial charge in [0.1, 0.15) is 0 Å². The van der Waals surface area contributed by atoms with Gasteiger partial charge < -0.3 is 5.73 Å². The summed E-state index contributed by atoms with van der Waals surface area (Å²) in [6.45, 7) is 2.26. The molecule has 3 rings (SSSR count). The van der Waals surface area contributed by atoms with Crippen molar-refractivity contribution in [3.05, 3.63) is 47.0 Å². The molecule has 1 heteroatoms. The fourth-order valence-corrected chi connectivity index (χ4v) is 4.15. The molecule has 1 nitrogen and oxygen atoms in total. The van der Waals surface area contributed by atoms with E-state index in [9.17, 15) is 0 Å². The van der Waals surface area contributed by atoms with E-state index in [2.05, 4.69) is 37.3 Å². The number of fused-ring (bicyclic) bond motifs is 1. The first-order valence-corrected chi connectivity index (χ1v) is 9.30. The summed E-state index contributed by atoms with van der Waals surface area (Å²) in [6, 6.07) is 7.71. The lowest BCUT2D eigenvalue weighted by atomic mass is 9.81. The summed E-state index contributed by atoms with van der Waals surface area (Å²) < 4.78 is 0. The largest absolute Gasteiger partial charge is 0.328 e. The van der Waals surface area contributed by atoms with Gasteiger partial charge in [-0.3, -0.25) is 0 Å². The standard InChI is InChI=1S/C21H31N/c1-2-3-4-5-6-16-7-8-18-14-19(10-9-17(18)13-16)20-11-12-21(22)15-20/h5-6,9-10,14,16,20-21H,2-4,7-8,11-13,15,22H2,1H3/b6-5+/t16?,20-,21?/m0/s1. The molecule has 0 spiro atoms. The van der Waals surface area contributed by atoms with Crippen LogP contribution < -0.4 is 5.73 Å². The van der Waals surface area contributed by atoms with Crippen LogP contribution in [-0.4, -0.2) is 6.04 Å². The highest BCUT2D eigenvalue weighted by Crippen LogP contribution is 2.36. The van der Waals surface area contributed by atoms with Crippen LogP contribution in [0.5, 0.6) is 0 Å². The van der Waals surface area contributed by atoms with E-state index in [4.69, 9.17) is 5.73 Å². The molecule has 1 aromatic carbocycles. The Hall–Kier alpha value is -1.08. The maximum absolute atomic E-state index is 6.08. The highest BCUT2D eigenvalue weighted by Gasteiger charge is 2.24. The van der Waals surface area contributed by atoms with Crippen molar-refractivity contribution in [3.63, 3.8) is 0 Å². The Morgan fingerprint density at radius 3 is 2.86 bits per heavy atom. The van der Waals surface area contributed by atoms with E-state index in [1.54, 1.807) is 16.7 Å². The third-order valence-electron chi connectivity index (χ3n) is 5.57. The molecule has 2 aliphatic carbocycles. The summed E-state index contributed by atoms with van der Waals surface area (Å²) in [5.74, 6) is 1.47. The summed E-state index contributed by atoms with van der Waals surface area (Å²) in [5, 5.41) is 0. The molecule has 0 bridgehead atoms. The maximum Gasteiger partial charge on any atom is 0.00448 e. The summed E-state index contributed by atoms with van der Waals surface area (Å²) in [4.78, 5) is 0. The minimum Gasteiger partial charge on any atom is -0.328 e. The molecule has 120 valence electrons. The van der Waals surface area contributed by atoms with Crippen molar-refractivity contribution in [2.24, 2.45) is 11.7 Å². The molecule has 1 fully saturated rings. The molecule has 0 amide bonds. The summed E-state index contributed by atoms with van der Waals surface area (Å²) in [5.41, 5.74) is 10.8. The van der Waals surface area contributed by atoms with Crippen molar-refractivity contribution >= 4 is 0 Å². The minimum atomic E-state index is 0.429. The van der Waals surface area contributed by atoms with E-state index in [0.717, 1.165) is 5.92 Å². The van der Waals surface area contributed by atoms with Crippen LogP contribution in [0, 0.1) is 5.92 Å². The van der Waals surface area contributed by atoms with Crippen molar-refractivity contribution in [1.82, 2.24) is 0 Å². The van der Waals surface area contributed by atoms with Crippen molar-refractivity contribution in [3.8, 4) is 0 Å². The number of allylic oxidation sites excluding steroid dienone is 2. The Labute approximate surface area is 136 Å². The SMILES string of the molecule is CCCC/C=C/C1CCc2cc([C@H]3CCC(N)C3)ccc2C1. The van der Waals surface area contributed by atoms with Gasteiger partial charge in [-0.2, -0.15) is 0 Å². The average molecular weight is 297 g/mol. The number of aryl methyl sites for hydroxylation is 1. The third kappa shape index (κ3) is 3.81. The van der Waals surface area contributed by atoms with Crippen molar-refractivity contribution < 1.29 is 0 Å². The quantitative estimate of drug-likeness (QED) is 0.591. The van der Waals surface area contributed by atoms with Gasteiger partial charge in [-0.05, 0) is 73.5 Å². The molecule has 1 aromatic rings. The van der Waals surface area contributed by atoms with Crippen LogP contribution in [0.3, 0.4) is 0 Å². The monoisotopic (exact) mass is 297 g/mol. The smallest absolute Gasteiger partial charge is 0.00448 e. The van der Waals surface area contributed by atoms with Crippen LogP contribution >= 0.6 is 0 Å². The van der Waals surface area contributed by atoms with E-state index >= 15 is 0 Å². The molecule has 3 atom stereocenters. The second-order valence-corrected chi connectivity index (χ2v) is 7.37. The van der Waals surface area contributed by atoms with Gasteiger partial charge in [0.05, 0.1) is 0 Å². The average Bonchev–Trinajstić information content (AvgIpc) is 2.97. The molecule has 22 heavy (non-hydrogen) atoms. The topological polar surface area (TPSA) is 26.0 Å². The lowest BCUT2D eigenvalue weighted by molar-refractivity contribution is 0.549. The predicted octanol–water partition coefficient (Wildman–Crippen LogP) is 5.13. The second-order valence-electron chi connectivity index (χ2n) is 7.37. The lowest BCUT2D eigenvalue weighted by Gasteiger charge is -2.24. The van der Waals surface area contributed by atoms with Gasteiger partial charge >= 0.3 is 0 Å². The summed E-state index contributed by atoms with van der Waals surface area (Å²) >= 11 is 0. The molecule has 2 unspecified atom stereocenters. The van der Waals surface area contributed by atoms with E-state index < -0.39 is 0 Å². The van der Waals surface area contributed by atoms with Gasteiger partial charge in [-0.25, -0.2) is 0 Å². The number of hydrogen-bond acceptors (Lipinski definition) is 1. The van der Waals surface area contributed by atoms with Gasteiger partial charge in [-0.1, -0.05) is 50.1 Å². The minimum absolute atomic E-state index is 0.429. The van der Waals surface area contributed by atoms with Crippen LogP contribution in [-0.2, 0) is 12.8 Å². The van der Waals surface area contributed by atoms with E-state index in [0.29, 0.717) is 12.0 Å². The van der Waals surface area contributed by atoms with E-state index in [1.807, 2.05) is 0 Å². The van der Waals surface area contributed by atoms with Crippen molar-refractivity contribution in [2.45, 2.75) is 76.7 Å². The zero-order valence-electron chi connectivity index (χ0n) is 14.1. The Kier molecular flexibility index (Phi) is 5.36. The second kappa shape index (κ2) is 7.46. The Morgan fingerprint density at radius 1 is 1.18 bits per heavy atom. The number of nitrogens with two attached hydrogens (primary N) is 1. The van der Waals surface area contributed by atoms with E-state index in [-0.39, 0.29) is 0 Å². The van der Waals surface area contributed by atoms with Crippen LogP contribution in [0.2, 0.25) is 0 Å². The van der Waals surface area contributed by atoms with Gasteiger partial charge in [0, 0.05) is 6.04 Å². The molecular formula is C21H31N. The fourth-order valence-electron chi connectivity index (χ4n) is 4.15. The first-order chi connectivity index (χ1) is 10.8. The van der Waals surface area contributed by atoms with Crippen LogP contribution in [0.1, 0.15) is 74.5 Å². The number of benzene rings is 1. The molecule has 0 aliphatic heterocycles. The maximum atomic E-state index is 6.08.